The summed E-state index contributed by atoms with van der Waals surface area (Å²) >= 11 is 0. The molecule has 0 spiro atoms. The van der Waals surface area contributed by atoms with Gasteiger partial charge in [-0.1, -0.05) is 75.2 Å². The van der Waals surface area contributed by atoms with Crippen molar-refractivity contribution in [3.8, 4) is 0 Å². The van der Waals surface area contributed by atoms with Gasteiger partial charge in [-0.05, 0) is 25.7 Å². The van der Waals surface area contributed by atoms with Crippen LogP contribution >= 0.6 is 0 Å². The average Bonchev–Trinajstić information content (AvgIpc) is 2.94. The molecule has 0 fully saturated rings. The first kappa shape index (κ1) is 20.3. The summed E-state index contributed by atoms with van der Waals surface area (Å²) in [6.45, 7) is 20.9. The van der Waals surface area contributed by atoms with E-state index >= 15 is 0 Å². The molecule has 0 aliphatic rings. The highest BCUT2D eigenvalue weighted by Crippen LogP contribution is 2.40. The van der Waals surface area contributed by atoms with Crippen LogP contribution in [0.3, 0.4) is 0 Å². The zero-order valence-corrected chi connectivity index (χ0v) is 17.2. The van der Waals surface area contributed by atoms with Gasteiger partial charge in [-0.2, -0.15) is 0 Å². The number of hydrogen-bond acceptors (Lipinski definition) is 1. The van der Waals surface area contributed by atoms with E-state index in [0.29, 0.717) is 0 Å². The van der Waals surface area contributed by atoms with Crippen molar-refractivity contribution in [2.75, 3.05) is 0 Å². The van der Waals surface area contributed by atoms with Gasteiger partial charge >= 0.3 is 0 Å². The van der Waals surface area contributed by atoms with Crippen molar-refractivity contribution in [3.63, 3.8) is 0 Å². The molecule has 134 valence electrons. The fourth-order valence-corrected chi connectivity index (χ4v) is 3.71. The Kier molecular flexibility index (Phi) is 6.52. The van der Waals surface area contributed by atoms with E-state index in [-0.39, 0.29) is 16.2 Å². The Hall–Kier alpha value is -0.790. The van der Waals surface area contributed by atoms with Gasteiger partial charge in [0.15, 0.2) is 0 Å². The first-order valence-electron chi connectivity index (χ1n) is 9.69. The van der Waals surface area contributed by atoms with Crippen LogP contribution in [0.15, 0.2) is 0 Å². The molecule has 1 aromatic rings. The number of nitrogens with zero attached hydrogens (tertiary/aromatic N) is 1. The summed E-state index contributed by atoms with van der Waals surface area (Å²) < 4.78 is 0. The van der Waals surface area contributed by atoms with Gasteiger partial charge in [0, 0.05) is 21.9 Å². The normalized spacial score (nSPS) is 13.6. The van der Waals surface area contributed by atoms with E-state index in [9.17, 15) is 0 Å². The summed E-state index contributed by atoms with van der Waals surface area (Å²) in [6.07, 6.45) is 7.03. The van der Waals surface area contributed by atoms with E-state index in [1.807, 2.05) is 0 Å². The molecule has 0 radical (unpaired) electrons. The lowest BCUT2D eigenvalue weighted by molar-refractivity contribution is 0.395. The van der Waals surface area contributed by atoms with Gasteiger partial charge in [0.25, 0.3) is 0 Å². The minimum absolute atomic E-state index is 0.117. The topological polar surface area (TPSA) is 28.7 Å². The molecule has 23 heavy (non-hydrogen) atoms. The van der Waals surface area contributed by atoms with Crippen LogP contribution in [-0.2, 0) is 16.2 Å². The van der Waals surface area contributed by atoms with Crippen LogP contribution in [0.1, 0.15) is 118 Å². The maximum absolute atomic E-state index is 5.20. The average molecular weight is 321 g/mol. The molecule has 1 aromatic heterocycles. The van der Waals surface area contributed by atoms with E-state index in [2.05, 4.69) is 67.3 Å². The van der Waals surface area contributed by atoms with Crippen molar-refractivity contribution < 1.29 is 0 Å². The number of hydrogen-bond donors (Lipinski definition) is 1. The number of aromatic amines is 1. The van der Waals surface area contributed by atoms with Gasteiger partial charge in [-0.25, -0.2) is 4.98 Å². The Morgan fingerprint density at radius 3 is 1.70 bits per heavy atom. The van der Waals surface area contributed by atoms with Gasteiger partial charge in [0.1, 0.15) is 5.82 Å². The second kappa shape index (κ2) is 7.40. The SMILES string of the molecule is CCCC(C)(C)c1nc(C(C)(C)CCC)c(C(C)(CC)CC)[nH]1. The zero-order chi connectivity index (χ0) is 17.9. The summed E-state index contributed by atoms with van der Waals surface area (Å²) in [7, 11) is 0. The first-order chi connectivity index (χ1) is 10.6. The Morgan fingerprint density at radius 1 is 0.783 bits per heavy atom. The minimum atomic E-state index is 0.117. The van der Waals surface area contributed by atoms with E-state index < -0.39 is 0 Å². The molecule has 0 bridgehead atoms. The van der Waals surface area contributed by atoms with Crippen LogP contribution in [0, 0.1) is 0 Å². The lowest BCUT2D eigenvalue weighted by atomic mass is 9.74. The maximum atomic E-state index is 5.20. The van der Waals surface area contributed by atoms with Crippen LogP contribution < -0.4 is 0 Å². The second-order valence-electron chi connectivity index (χ2n) is 8.84. The van der Waals surface area contributed by atoms with E-state index in [1.54, 1.807) is 0 Å². The third-order valence-corrected chi connectivity index (χ3v) is 5.90. The van der Waals surface area contributed by atoms with Crippen LogP contribution in [0.25, 0.3) is 0 Å². The third-order valence-electron chi connectivity index (χ3n) is 5.90. The summed E-state index contributed by atoms with van der Waals surface area (Å²) in [5.41, 5.74) is 3.14. The van der Waals surface area contributed by atoms with Gasteiger partial charge < -0.3 is 4.98 Å². The van der Waals surface area contributed by atoms with E-state index in [4.69, 9.17) is 4.98 Å². The van der Waals surface area contributed by atoms with Gasteiger partial charge in [-0.3, -0.25) is 0 Å². The molecule has 0 aliphatic carbocycles. The molecule has 1 rings (SSSR count). The highest BCUT2D eigenvalue weighted by Gasteiger charge is 2.37. The second-order valence-corrected chi connectivity index (χ2v) is 8.84. The maximum Gasteiger partial charge on any atom is 0.112 e. The molecule has 0 aliphatic heterocycles. The lowest BCUT2D eigenvalue weighted by Crippen LogP contribution is -2.27. The van der Waals surface area contributed by atoms with E-state index in [1.165, 1.54) is 42.9 Å². The molecule has 2 heteroatoms. The van der Waals surface area contributed by atoms with Gasteiger partial charge in [-0.15, -0.1) is 0 Å². The molecule has 2 nitrogen and oxygen atoms in total. The Labute approximate surface area is 144 Å². The summed E-state index contributed by atoms with van der Waals surface area (Å²) in [5, 5.41) is 0. The predicted molar refractivity (Wildman–Crippen MR) is 102 cm³/mol. The number of imidazole rings is 1. The summed E-state index contributed by atoms with van der Waals surface area (Å²) in [5.74, 6) is 1.18. The molecule has 1 N–H and O–H groups in total. The fraction of sp³-hybridized carbons (Fsp3) is 0.857. The molecule has 0 saturated heterocycles. The molecule has 0 atom stereocenters. The molecule has 0 aromatic carbocycles. The number of aromatic nitrogens is 2. The molecule has 1 heterocycles. The highest BCUT2D eigenvalue weighted by atomic mass is 15.0. The van der Waals surface area contributed by atoms with Crippen LogP contribution in [0.5, 0.6) is 0 Å². The van der Waals surface area contributed by atoms with Crippen LogP contribution in [-0.4, -0.2) is 9.97 Å². The van der Waals surface area contributed by atoms with Crippen LogP contribution in [0.4, 0.5) is 0 Å². The predicted octanol–water partition coefficient (Wildman–Crippen LogP) is 6.64. The van der Waals surface area contributed by atoms with Crippen molar-refractivity contribution in [1.29, 1.82) is 0 Å². The largest absolute Gasteiger partial charge is 0.345 e. The number of H-pyrrole nitrogens is 1. The summed E-state index contributed by atoms with van der Waals surface area (Å²) in [6, 6.07) is 0. The van der Waals surface area contributed by atoms with Crippen molar-refractivity contribution >= 4 is 0 Å². The standard InChI is InChI=1S/C21H40N2/c1-10-14-19(5,6)16-17(21(9,12-3)13-4)23-18(22-16)20(7,8)15-11-2/h10-15H2,1-9H3,(H,22,23). The minimum Gasteiger partial charge on any atom is -0.345 e. The zero-order valence-electron chi connectivity index (χ0n) is 17.2. The summed E-state index contributed by atoms with van der Waals surface area (Å²) in [4.78, 5) is 9.00. The van der Waals surface area contributed by atoms with Crippen molar-refractivity contribution in [2.45, 2.75) is 117 Å². The Morgan fingerprint density at radius 2 is 1.26 bits per heavy atom. The van der Waals surface area contributed by atoms with Gasteiger partial charge in [0.05, 0.1) is 5.69 Å². The van der Waals surface area contributed by atoms with E-state index in [0.717, 1.165) is 12.8 Å². The fourth-order valence-electron chi connectivity index (χ4n) is 3.71. The number of nitrogens with one attached hydrogen (secondary N) is 1. The highest BCUT2D eigenvalue weighted by molar-refractivity contribution is 5.31. The monoisotopic (exact) mass is 320 g/mol. The lowest BCUT2D eigenvalue weighted by Gasteiger charge is -2.31. The molecule has 0 unspecified atom stereocenters. The first-order valence-corrected chi connectivity index (χ1v) is 9.69. The Balaban J connectivity index is 3.51. The van der Waals surface area contributed by atoms with Crippen molar-refractivity contribution in [3.05, 3.63) is 17.2 Å². The number of rotatable bonds is 9. The quantitative estimate of drug-likeness (QED) is 0.542. The molecule has 0 amide bonds. The Bertz CT molecular complexity index is 490. The van der Waals surface area contributed by atoms with Crippen molar-refractivity contribution in [1.82, 2.24) is 9.97 Å². The smallest absolute Gasteiger partial charge is 0.112 e. The van der Waals surface area contributed by atoms with Crippen molar-refractivity contribution in [2.24, 2.45) is 0 Å². The van der Waals surface area contributed by atoms with Crippen LogP contribution in [0.2, 0.25) is 0 Å². The molecule has 0 saturated carbocycles. The third kappa shape index (κ3) is 4.19. The molecular formula is C21H40N2. The molecular weight excluding hydrogens is 280 g/mol. The van der Waals surface area contributed by atoms with Gasteiger partial charge in [0.2, 0.25) is 0 Å².